The number of hydrogen-bond donors (Lipinski definition) is 2. The van der Waals surface area contributed by atoms with E-state index in [9.17, 15) is 0 Å². The normalized spacial score (nSPS) is 12.1. The SMILES string of the molecule is Fc1ncccc1-c1c2nc(c(-c3cccnc3F)c3ccc([nH]3)c(-c3cccnc3F)c3nc(c(-c4cccnc4F)c4ccc1[nH]4)C=C3)C=C2. The second-order valence-corrected chi connectivity index (χ2v) is 11.9. The van der Waals surface area contributed by atoms with E-state index in [1.807, 2.05) is 0 Å². The number of fused-ring (bicyclic) bond motifs is 8. The summed E-state index contributed by atoms with van der Waals surface area (Å²) in [6, 6.07) is 19.7. The maximum atomic E-state index is 15.5. The van der Waals surface area contributed by atoms with E-state index < -0.39 is 23.8 Å². The van der Waals surface area contributed by atoms with Crippen molar-refractivity contribution in [3.05, 3.63) is 144 Å². The lowest BCUT2D eigenvalue weighted by Crippen LogP contribution is -1.94. The molecule has 250 valence electrons. The highest BCUT2D eigenvalue weighted by Crippen LogP contribution is 2.39. The molecule has 0 aliphatic carbocycles. The van der Waals surface area contributed by atoms with E-state index in [0.29, 0.717) is 67.1 Å². The molecular weight excluding hydrogens is 668 g/mol. The maximum absolute atomic E-state index is 15.5. The minimum absolute atomic E-state index is 0.151. The Balaban J connectivity index is 1.51. The fourth-order valence-corrected chi connectivity index (χ4v) is 6.63. The van der Waals surface area contributed by atoms with Crippen LogP contribution in [0.3, 0.4) is 0 Å². The van der Waals surface area contributed by atoms with Crippen LogP contribution in [0.5, 0.6) is 0 Å². The van der Waals surface area contributed by atoms with E-state index in [1.165, 1.54) is 24.8 Å². The third-order valence-corrected chi connectivity index (χ3v) is 8.87. The number of aromatic nitrogens is 8. The Labute approximate surface area is 292 Å². The number of nitrogens with zero attached hydrogens (tertiary/aromatic N) is 6. The molecule has 7 aromatic heterocycles. The van der Waals surface area contributed by atoms with Crippen LogP contribution in [0.25, 0.3) is 90.9 Å². The van der Waals surface area contributed by atoms with Gasteiger partial charge in [-0.15, -0.1) is 0 Å². The topological polar surface area (TPSA) is 109 Å². The zero-order valence-electron chi connectivity index (χ0n) is 26.7. The molecule has 0 unspecified atom stereocenters. The molecule has 2 aliphatic heterocycles. The molecule has 0 aromatic carbocycles. The molecule has 8 bridgehead atoms. The number of halogens is 4. The average Bonchev–Trinajstić information content (AvgIpc) is 3.99. The van der Waals surface area contributed by atoms with Gasteiger partial charge in [0, 0.05) is 91.4 Å². The largest absolute Gasteiger partial charge is 0.354 e. The highest BCUT2D eigenvalue weighted by molar-refractivity contribution is 5.99. The quantitative estimate of drug-likeness (QED) is 0.141. The summed E-state index contributed by atoms with van der Waals surface area (Å²) < 4.78 is 62.1. The summed E-state index contributed by atoms with van der Waals surface area (Å²) in [6.07, 6.45) is 12.2. The predicted molar refractivity (Wildman–Crippen MR) is 192 cm³/mol. The number of H-pyrrole nitrogens is 2. The van der Waals surface area contributed by atoms with E-state index >= 15 is 17.6 Å². The predicted octanol–water partition coefficient (Wildman–Crippen LogP) is 9.46. The summed E-state index contributed by atoms with van der Waals surface area (Å²) in [5.74, 6) is -2.95. The standard InChI is InChI=1S/C40H22F4N8/c41-37-21(5-1-17-45-37)33-25-9-11-27(49-25)34(22-6-2-18-46-38(22)42)29-13-15-31(51-29)36(24-8-4-20-48-40(24)44)32-16-14-30(52-32)35(28-12-10-26(33)50-28)23-7-3-19-47-39(23)43/h1-20,49,52H. The van der Waals surface area contributed by atoms with Crippen molar-refractivity contribution in [2.24, 2.45) is 0 Å². The highest BCUT2D eigenvalue weighted by atomic mass is 19.1. The van der Waals surface area contributed by atoms with Gasteiger partial charge in [0.15, 0.2) is 0 Å². The molecule has 0 spiro atoms. The zero-order chi connectivity index (χ0) is 35.3. The van der Waals surface area contributed by atoms with Gasteiger partial charge in [0.25, 0.3) is 0 Å². The van der Waals surface area contributed by atoms with Crippen molar-refractivity contribution in [2.75, 3.05) is 0 Å². The Hall–Kier alpha value is -7.08. The molecule has 7 aromatic rings. The van der Waals surface area contributed by atoms with Crippen LogP contribution in [0, 0.1) is 23.8 Å². The van der Waals surface area contributed by atoms with Crippen molar-refractivity contribution in [2.45, 2.75) is 0 Å². The Morgan fingerprint density at radius 2 is 0.596 bits per heavy atom. The Morgan fingerprint density at radius 1 is 0.346 bits per heavy atom. The van der Waals surface area contributed by atoms with Crippen LogP contribution < -0.4 is 0 Å². The fraction of sp³-hybridized carbons (Fsp3) is 0. The minimum atomic E-state index is -0.736. The molecule has 2 N–H and O–H groups in total. The van der Waals surface area contributed by atoms with E-state index in [2.05, 4.69) is 29.9 Å². The van der Waals surface area contributed by atoms with Gasteiger partial charge in [0.1, 0.15) is 0 Å². The maximum Gasteiger partial charge on any atom is 0.220 e. The summed E-state index contributed by atoms with van der Waals surface area (Å²) in [6.45, 7) is 0. The van der Waals surface area contributed by atoms with Crippen molar-refractivity contribution in [1.82, 2.24) is 39.9 Å². The average molecular weight is 691 g/mol. The summed E-state index contributed by atoms with van der Waals surface area (Å²) in [7, 11) is 0. The third-order valence-electron chi connectivity index (χ3n) is 8.87. The fourth-order valence-electron chi connectivity index (χ4n) is 6.63. The lowest BCUT2D eigenvalue weighted by Gasteiger charge is -2.07. The van der Waals surface area contributed by atoms with Gasteiger partial charge in [-0.25, -0.2) is 29.9 Å². The lowest BCUT2D eigenvalue weighted by molar-refractivity contribution is 0.587. The number of nitrogens with one attached hydrogen (secondary N) is 2. The molecule has 9 heterocycles. The summed E-state index contributed by atoms with van der Waals surface area (Å²) in [4.78, 5) is 32.1. The van der Waals surface area contributed by atoms with Crippen LogP contribution in [-0.4, -0.2) is 39.9 Å². The van der Waals surface area contributed by atoms with Crippen molar-refractivity contribution in [3.63, 3.8) is 0 Å². The van der Waals surface area contributed by atoms with E-state index in [4.69, 9.17) is 9.97 Å². The van der Waals surface area contributed by atoms with Crippen LogP contribution in [0.1, 0.15) is 22.8 Å². The monoisotopic (exact) mass is 690 g/mol. The lowest BCUT2D eigenvalue weighted by atomic mass is 10.1. The van der Waals surface area contributed by atoms with Gasteiger partial charge >= 0.3 is 0 Å². The Bertz CT molecular complexity index is 2450. The first-order valence-electron chi connectivity index (χ1n) is 16.0. The van der Waals surface area contributed by atoms with Crippen LogP contribution in [0.4, 0.5) is 17.6 Å². The van der Waals surface area contributed by atoms with Gasteiger partial charge < -0.3 is 9.97 Å². The molecule has 0 saturated carbocycles. The van der Waals surface area contributed by atoms with Gasteiger partial charge in [0.05, 0.1) is 22.8 Å². The van der Waals surface area contributed by atoms with Gasteiger partial charge in [-0.3, -0.25) is 0 Å². The van der Waals surface area contributed by atoms with Crippen LogP contribution >= 0.6 is 0 Å². The second kappa shape index (κ2) is 12.4. The molecule has 0 radical (unpaired) electrons. The molecule has 12 heteroatoms. The smallest absolute Gasteiger partial charge is 0.220 e. The van der Waals surface area contributed by atoms with Crippen molar-refractivity contribution in [3.8, 4) is 44.5 Å². The third kappa shape index (κ3) is 5.16. The molecule has 0 saturated heterocycles. The van der Waals surface area contributed by atoms with Crippen LogP contribution in [-0.2, 0) is 0 Å². The van der Waals surface area contributed by atoms with Gasteiger partial charge in [-0.05, 0) is 97.1 Å². The van der Waals surface area contributed by atoms with E-state index in [-0.39, 0.29) is 22.3 Å². The Kier molecular flexibility index (Phi) is 7.35. The summed E-state index contributed by atoms with van der Waals surface area (Å²) in [5, 5.41) is 0. The number of hydrogen-bond acceptors (Lipinski definition) is 6. The summed E-state index contributed by atoms with van der Waals surface area (Å²) >= 11 is 0. The molecule has 9 rings (SSSR count). The van der Waals surface area contributed by atoms with Crippen molar-refractivity contribution < 1.29 is 17.6 Å². The molecule has 0 fully saturated rings. The van der Waals surface area contributed by atoms with Gasteiger partial charge in [-0.2, -0.15) is 17.6 Å². The first-order valence-corrected chi connectivity index (χ1v) is 16.0. The second-order valence-electron chi connectivity index (χ2n) is 11.9. The molecule has 0 amide bonds. The highest BCUT2D eigenvalue weighted by Gasteiger charge is 2.22. The number of rotatable bonds is 4. The molecule has 52 heavy (non-hydrogen) atoms. The number of pyridine rings is 4. The van der Waals surface area contributed by atoms with Crippen molar-refractivity contribution >= 4 is 46.4 Å². The van der Waals surface area contributed by atoms with Crippen LogP contribution in [0.15, 0.2) is 97.6 Å². The molecule has 2 aliphatic rings. The van der Waals surface area contributed by atoms with Crippen LogP contribution in [0.2, 0.25) is 0 Å². The molecule has 0 atom stereocenters. The van der Waals surface area contributed by atoms with Gasteiger partial charge in [-0.1, -0.05) is 0 Å². The Morgan fingerprint density at radius 3 is 0.827 bits per heavy atom. The molecular formula is C40H22F4N8. The van der Waals surface area contributed by atoms with Crippen molar-refractivity contribution in [1.29, 1.82) is 0 Å². The van der Waals surface area contributed by atoms with Gasteiger partial charge in [0.2, 0.25) is 23.8 Å². The van der Waals surface area contributed by atoms with E-state index in [1.54, 1.807) is 97.1 Å². The first-order chi connectivity index (χ1) is 25.4. The summed E-state index contributed by atoms with van der Waals surface area (Å²) in [5.41, 5.74) is 5.20. The molecule has 8 nitrogen and oxygen atoms in total. The van der Waals surface area contributed by atoms with E-state index in [0.717, 1.165) is 0 Å². The zero-order valence-corrected chi connectivity index (χ0v) is 26.7. The first kappa shape index (κ1) is 30.9. The number of aromatic amines is 2. The minimum Gasteiger partial charge on any atom is -0.354 e.